The van der Waals surface area contributed by atoms with E-state index in [2.05, 4.69) is 15.8 Å². The van der Waals surface area contributed by atoms with E-state index in [1.54, 1.807) is 26.2 Å². The van der Waals surface area contributed by atoms with Crippen LogP contribution < -0.4 is 17.2 Å². The molecule has 0 bridgehead atoms. The number of Topliss-reactive ketones (excluding diaryl/α,β-unsaturated/α-hetero) is 1. The number of pyridine rings is 2. The molecular formula is C29H39N5O7. The van der Waals surface area contributed by atoms with Crippen LogP contribution in [-0.2, 0) is 23.8 Å². The topological polar surface area (TPSA) is 192 Å². The first-order valence-electron chi connectivity index (χ1n) is 12.7. The molecule has 0 radical (unpaired) electrons. The highest BCUT2D eigenvalue weighted by atomic mass is 16.6. The normalized spacial score (nSPS) is 11.5. The second-order valence-corrected chi connectivity index (χ2v) is 7.93. The Morgan fingerprint density at radius 3 is 1.68 bits per heavy atom. The Labute approximate surface area is 239 Å². The van der Waals surface area contributed by atoms with Crippen LogP contribution in [0.25, 0.3) is 21.8 Å². The molecule has 0 amide bonds. The minimum Gasteiger partial charge on any atom is -0.464 e. The Kier molecular flexibility index (Phi) is 17.2. The van der Waals surface area contributed by atoms with E-state index in [0.29, 0.717) is 6.61 Å². The quantitative estimate of drug-likeness (QED) is 0.119. The number of hydrazine groups is 1. The lowest BCUT2D eigenvalue weighted by atomic mass is 10.0. The number of benzene rings is 2. The first kappa shape index (κ1) is 35.1. The maximum absolute atomic E-state index is 11.9. The van der Waals surface area contributed by atoms with Crippen LogP contribution in [0.4, 0.5) is 0 Å². The van der Waals surface area contributed by atoms with Crippen LogP contribution in [0.3, 0.4) is 0 Å². The molecule has 0 spiro atoms. The Morgan fingerprint density at radius 2 is 1.29 bits per heavy atom. The number of carbonyl (C=O) groups is 2. The first-order chi connectivity index (χ1) is 19.9. The molecule has 0 aliphatic carbocycles. The molecule has 2 aromatic carbocycles. The average molecular weight is 570 g/mol. The second-order valence-electron chi connectivity index (χ2n) is 7.93. The van der Waals surface area contributed by atoms with Crippen molar-refractivity contribution in [2.24, 2.45) is 11.6 Å². The monoisotopic (exact) mass is 569 g/mol. The van der Waals surface area contributed by atoms with Crippen molar-refractivity contribution in [2.75, 3.05) is 34.0 Å². The number of ketones is 1. The highest BCUT2D eigenvalue weighted by Gasteiger charge is 2.23. The molecule has 4 rings (SSSR count). The minimum atomic E-state index is -0.710. The van der Waals surface area contributed by atoms with Gasteiger partial charge in [-0.2, -0.15) is 0 Å². The fourth-order valence-electron chi connectivity index (χ4n) is 3.82. The van der Waals surface area contributed by atoms with Gasteiger partial charge in [-0.1, -0.05) is 36.4 Å². The van der Waals surface area contributed by atoms with Gasteiger partial charge in [-0.25, -0.2) is 10.6 Å². The molecule has 2 aromatic heterocycles. The Balaban J connectivity index is 0.000000345. The molecule has 2 heterocycles. The van der Waals surface area contributed by atoms with Crippen molar-refractivity contribution in [1.29, 1.82) is 0 Å². The summed E-state index contributed by atoms with van der Waals surface area (Å²) in [6, 6.07) is 18.8. The van der Waals surface area contributed by atoms with Crippen LogP contribution in [-0.4, -0.2) is 66.0 Å². The number of aliphatic hydroxyl groups excluding tert-OH is 1. The Bertz CT molecular complexity index is 1330. The van der Waals surface area contributed by atoms with Crippen LogP contribution in [0.1, 0.15) is 37.2 Å². The molecule has 12 nitrogen and oxygen atoms in total. The number of hydrogen-bond acceptors (Lipinski definition) is 12. The van der Waals surface area contributed by atoms with Crippen molar-refractivity contribution in [3.05, 3.63) is 84.2 Å². The van der Waals surface area contributed by atoms with Crippen molar-refractivity contribution in [1.82, 2.24) is 15.6 Å². The summed E-state index contributed by atoms with van der Waals surface area (Å²) >= 11 is 0. The van der Waals surface area contributed by atoms with E-state index in [0.717, 1.165) is 32.9 Å². The third-order valence-corrected chi connectivity index (χ3v) is 5.39. The molecule has 41 heavy (non-hydrogen) atoms. The van der Waals surface area contributed by atoms with Gasteiger partial charge < -0.3 is 30.3 Å². The van der Waals surface area contributed by atoms with E-state index in [1.165, 1.54) is 19.8 Å². The number of esters is 1. The van der Waals surface area contributed by atoms with Gasteiger partial charge in [-0.15, -0.1) is 5.59 Å². The zero-order valence-corrected chi connectivity index (χ0v) is 23.7. The van der Waals surface area contributed by atoms with Gasteiger partial charge in [0, 0.05) is 49.6 Å². The number of nitrogens with two attached hydrogens (primary N) is 2. The lowest BCUT2D eigenvalue weighted by Crippen LogP contribution is -2.23. The molecule has 4 aromatic rings. The van der Waals surface area contributed by atoms with Gasteiger partial charge in [0.15, 0.2) is 11.9 Å². The summed E-state index contributed by atoms with van der Waals surface area (Å²) in [5.74, 6) is 3.64. The van der Waals surface area contributed by atoms with E-state index in [-0.39, 0.29) is 24.9 Å². The van der Waals surface area contributed by atoms with Crippen molar-refractivity contribution in [3.63, 3.8) is 0 Å². The van der Waals surface area contributed by atoms with E-state index in [1.807, 2.05) is 60.7 Å². The van der Waals surface area contributed by atoms with Gasteiger partial charge >= 0.3 is 5.97 Å². The van der Waals surface area contributed by atoms with Gasteiger partial charge in [0.05, 0.1) is 24.2 Å². The number of aromatic nitrogens is 2. The van der Waals surface area contributed by atoms with Crippen LogP contribution >= 0.6 is 0 Å². The van der Waals surface area contributed by atoms with Gasteiger partial charge in [0.2, 0.25) is 0 Å². The number of ether oxygens (including phenoxy) is 3. The molecule has 0 saturated heterocycles. The number of methoxy groups -OCH3 is 2. The summed E-state index contributed by atoms with van der Waals surface area (Å²) in [6.07, 6.45) is 2.11. The smallest absolute Gasteiger partial charge is 0.339 e. The zero-order valence-electron chi connectivity index (χ0n) is 23.7. The maximum Gasteiger partial charge on any atom is 0.339 e. The lowest BCUT2D eigenvalue weighted by molar-refractivity contribution is -0.155. The summed E-state index contributed by atoms with van der Waals surface area (Å²) in [5.41, 5.74) is 9.91. The SMILES string of the molecule is CCO.CCOC(=O)C(OC)c1cccc2ncccc12.COC(C(=O)CN)c1cccc2ncccc12.NNO. The van der Waals surface area contributed by atoms with Crippen LogP contribution in [0, 0.1) is 0 Å². The van der Waals surface area contributed by atoms with Crippen molar-refractivity contribution < 1.29 is 34.1 Å². The zero-order chi connectivity index (χ0) is 30.6. The number of nitrogens with one attached hydrogen (secondary N) is 1. The second kappa shape index (κ2) is 20.1. The van der Waals surface area contributed by atoms with E-state index >= 15 is 0 Å². The summed E-state index contributed by atoms with van der Waals surface area (Å²) in [4.78, 5) is 32.1. The van der Waals surface area contributed by atoms with Gasteiger partial charge in [0.25, 0.3) is 0 Å². The highest BCUT2D eigenvalue weighted by molar-refractivity contribution is 5.92. The summed E-state index contributed by atoms with van der Waals surface area (Å²) < 4.78 is 15.5. The highest BCUT2D eigenvalue weighted by Crippen LogP contribution is 2.27. The third-order valence-electron chi connectivity index (χ3n) is 5.39. The molecule has 0 aliphatic rings. The van der Waals surface area contributed by atoms with Gasteiger partial charge in [0.1, 0.15) is 6.10 Å². The summed E-state index contributed by atoms with van der Waals surface area (Å²) in [5, 5.41) is 16.5. The summed E-state index contributed by atoms with van der Waals surface area (Å²) in [7, 11) is 3.00. The fraction of sp³-hybridized carbons (Fsp3) is 0.310. The number of fused-ring (bicyclic) bond motifs is 2. The first-order valence-corrected chi connectivity index (χ1v) is 12.7. The molecule has 222 valence electrons. The molecule has 2 unspecified atom stereocenters. The van der Waals surface area contributed by atoms with E-state index in [4.69, 9.17) is 30.3 Å². The fourth-order valence-corrected chi connectivity index (χ4v) is 3.82. The number of nitrogens with zero attached hydrogens (tertiary/aromatic N) is 2. The molecule has 0 fully saturated rings. The van der Waals surface area contributed by atoms with Crippen LogP contribution in [0.15, 0.2) is 73.1 Å². The molecule has 0 aliphatic heterocycles. The van der Waals surface area contributed by atoms with Gasteiger partial charge in [-0.05, 0) is 43.7 Å². The van der Waals surface area contributed by atoms with Crippen LogP contribution in [0.5, 0.6) is 0 Å². The molecule has 12 heteroatoms. The molecule has 0 saturated carbocycles. The third kappa shape index (κ3) is 10.6. The van der Waals surface area contributed by atoms with Crippen LogP contribution in [0.2, 0.25) is 0 Å². The molecule has 2 atom stereocenters. The predicted molar refractivity (Wildman–Crippen MR) is 156 cm³/mol. The largest absolute Gasteiger partial charge is 0.464 e. The van der Waals surface area contributed by atoms with E-state index < -0.39 is 12.2 Å². The van der Waals surface area contributed by atoms with Gasteiger partial charge in [-0.3, -0.25) is 14.8 Å². The standard InChI is InChI=1S/C14H15NO3.C13H14N2O2.C2H6O.H4N2O/c1-3-18-14(16)13(17-2)11-6-4-8-12-10(11)7-5-9-15-12;1-17-13(12(16)8-14)10-4-2-6-11-9(10)5-3-7-15-11;2*1-2-3/h4-9,13H,3H2,1-2H3;2-7,13H,8,14H2,1H3;3H,2H2,1H3;2-3H,1H2. The number of aliphatic hydroxyl groups is 1. The predicted octanol–water partition coefficient (Wildman–Crippen LogP) is 2.77. The van der Waals surface area contributed by atoms with Crippen molar-refractivity contribution >= 4 is 33.6 Å². The molecule has 7 N–H and O–H groups in total. The maximum atomic E-state index is 11.9. The number of carbonyl (C=O) groups excluding carboxylic acids is 2. The Morgan fingerprint density at radius 1 is 0.854 bits per heavy atom. The van der Waals surface area contributed by atoms with Crippen molar-refractivity contribution in [2.45, 2.75) is 26.1 Å². The van der Waals surface area contributed by atoms with Crippen molar-refractivity contribution in [3.8, 4) is 0 Å². The van der Waals surface area contributed by atoms with E-state index in [9.17, 15) is 9.59 Å². The lowest BCUT2D eigenvalue weighted by Gasteiger charge is -2.15. The number of rotatable bonds is 8. The average Bonchev–Trinajstić information content (AvgIpc) is 2.99. The number of hydrogen-bond donors (Lipinski definition) is 5. The molecular weight excluding hydrogens is 530 g/mol. The Hall–Kier alpha value is -3.88. The minimum absolute atomic E-state index is 0.0326. The summed E-state index contributed by atoms with van der Waals surface area (Å²) in [6.45, 7) is 4.01.